The van der Waals surface area contributed by atoms with Crippen molar-refractivity contribution >= 4 is 32.9 Å². The molecule has 7 rings (SSSR count). The number of rotatable bonds is 4. The van der Waals surface area contributed by atoms with Gasteiger partial charge in [0.05, 0.1) is 5.69 Å². The summed E-state index contributed by atoms with van der Waals surface area (Å²) in [6, 6.07) is 9.19. The van der Waals surface area contributed by atoms with Crippen molar-refractivity contribution in [2.75, 3.05) is 31.1 Å². The summed E-state index contributed by atoms with van der Waals surface area (Å²) in [6.07, 6.45) is 7.26. The van der Waals surface area contributed by atoms with E-state index >= 15 is 0 Å². The number of nitrogens with one attached hydrogen (secondary N) is 2. The lowest BCUT2D eigenvalue weighted by atomic mass is 9.93. The number of nitrogens with zero attached hydrogens (tertiary/aromatic N) is 4. The number of aromatic nitrogens is 4. The Labute approximate surface area is 242 Å². The Balaban J connectivity index is 0.000000774. The number of pyridine rings is 1. The molecular weight excluding hydrogens is 512 g/mol. The van der Waals surface area contributed by atoms with Gasteiger partial charge in [-0.2, -0.15) is 5.10 Å². The monoisotopic (exact) mass is 556 g/mol. The first-order chi connectivity index (χ1) is 19.6. The van der Waals surface area contributed by atoms with Crippen molar-refractivity contribution < 1.29 is 0 Å². The Morgan fingerprint density at radius 1 is 0.950 bits per heavy atom. The van der Waals surface area contributed by atoms with E-state index in [4.69, 9.17) is 0 Å². The molecule has 40 heavy (non-hydrogen) atoms. The molecule has 212 valence electrons. The number of thiophene rings is 1. The predicted molar refractivity (Wildman–Crippen MR) is 172 cm³/mol. The number of H-pyrrole nitrogens is 1. The van der Waals surface area contributed by atoms with Crippen molar-refractivity contribution in [3.63, 3.8) is 0 Å². The molecule has 0 atom stereocenters. The van der Waals surface area contributed by atoms with E-state index in [-0.39, 0.29) is 0 Å². The van der Waals surface area contributed by atoms with Gasteiger partial charge in [0.1, 0.15) is 11.2 Å². The summed E-state index contributed by atoms with van der Waals surface area (Å²) in [5.41, 5.74) is 11.9. The van der Waals surface area contributed by atoms with Crippen LogP contribution in [0.25, 0.3) is 37.6 Å². The number of piperazine rings is 1. The Bertz CT molecular complexity index is 1580. The fraction of sp³-hybridized carbons (Fsp3) is 0.455. The van der Waals surface area contributed by atoms with Crippen LogP contribution < -0.4 is 10.2 Å². The third kappa shape index (κ3) is 4.83. The molecule has 7 heteroatoms. The van der Waals surface area contributed by atoms with Gasteiger partial charge in [0.2, 0.25) is 0 Å². The smallest absolute Gasteiger partial charge is 0.158 e. The molecule has 0 spiro atoms. The zero-order valence-electron chi connectivity index (χ0n) is 25.2. The summed E-state index contributed by atoms with van der Waals surface area (Å²) in [6.45, 7) is 19.2. The largest absolute Gasteiger partial charge is 0.369 e. The van der Waals surface area contributed by atoms with Gasteiger partial charge in [-0.1, -0.05) is 53.7 Å². The second-order valence-electron chi connectivity index (χ2n) is 10.5. The first-order valence-electron chi connectivity index (χ1n) is 15.2. The Morgan fingerprint density at radius 3 is 2.35 bits per heavy atom. The Kier molecular flexibility index (Phi) is 8.62. The third-order valence-corrected chi connectivity index (χ3v) is 9.28. The molecule has 1 fully saturated rings. The number of hydrogen-bond acceptors (Lipinski definition) is 5. The molecule has 2 N–H and O–H groups in total. The molecular formula is C33H44N6S. The zero-order chi connectivity index (χ0) is 28.4. The molecule has 5 heterocycles. The number of benzene rings is 1. The average Bonchev–Trinajstić information content (AvgIpc) is 3.79. The summed E-state index contributed by atoms with van der Waals surface area (Å²) in [7, 11) is 0. The van der Waals surface area contributed by atoms with Crippen LogP contribution in [0.2, 0.25) is 0 Å². The van der Waals surface area contributed by atoms with Crippen LogP contribution in [0.3, 0.4) is 0 Å². The third-order valence-electron chi connectivity index (χ3n) is 8.02. The number of fused-ring (bicyclic) bond motifs is 4. The van der Waals surface area contributed by atoms with Crippen molar-refractivity contribution in [2.24, 2.45) is 0 Å². The highest BCUT2D eigenvalue weighted by atomic mass is 32.1. The van der Waals surface area contributed by atoms with E-state index in [9.17, 15) is 0 Å². The minimum absolute atomic E-state index is 0.411. The highest BCUT2D eigenvalue weighted by molar-refractivity contribution is 7.22. The van der Waals surface area contributed by atoms with Crippen molar-refractivity contribution in [2.45, 2.75) is 73.6 Å². The first-order valence-corrected chi connectivity index (χ1v) is 16.0. The molecule has 2 aliphatic rings. The van der Waals surface area contributed by atoms with Gasteiger partial charge in [-0.3, -0.25) is 0 Å². The molecule has 4 aromatic heterocycles. The fourth-order valence-electron chi connectivity index (χ4n) is 6.31. The molecule has 0 saturated carbocycles. The molecule has 0 unspecified atom stereocenters. The topological polar surface area (TPSA) is 61.2 Å². The predicted octanol–water partition coefficient (Wildman–Crippen LogP) is 7.99. The van der Waals surface area contributed by atoms with Gasteiger partial charge in [0.15, 0.2) is 5.65 Å². The van der Waals surface area contributed by atoms with Crippen LogP contribution in [-0.4, -0.2) is 45.8 Å². The summed E-state index contributed by atoms with van der Waals surface area (Å²) >= 11 is 1.89. The molecule has 1 saturated heterocycles. The minimum Gasteiger partial charge on any atom is -0.369 e. The zero-order valence-corrected chi connectivity index (χ0v) is 26.0. The summed E-state index contributed by atoms with van der Waals surface area (Å²) in [5, 5.41) is 9.34. The maximum Gasteiger partial charge on any atom is 0.158 e. The van der Waals surface area contributed by atoms with Crippen LogP contribution in [0.5, 0.6) is 0 Å². The molecule has 0 bridgehead atoms. The summed E-state index contributed by atoms with van der Waals surface area (Å²) in [5.74, 6) is 0.411. The van der Waals surface area contributed by atoms with E-state index in [0.29, 0.717) is 5.92 Å². The molecule has 5 aromatic rings. The van der Waals surface area contributed by atoms with Crippen LogP contribution in [0, 0.1) is 6.92 Å². The molecule has 0 amide bonds. The van der Waals surface area contributed by atoms with Gasteiger partial charge in [0.25, 0.3) is 0 Å². The van der Waals surface area contributed by atoms with Crippen LogP contribution in [-0.2, 0) is 12.8 Å². The fourth-order valence-corrected chi connectivity index (χ4v) is 7.54. The van der Waals surface area contributed by atoms with Crippen LogP contribution in [0.15, 0.2) is 36.8 Å². The van der Waals surface area contributed by atoms with Gasteiger partial charge < -0.3 is 15.2 Å². The van der Waals surface area contributed by atoms with Crippen molar-refractivity contribution in [1.29, 1.82) is 0 Å². The van der Waals surface area contributed by atoms with E-state index in [2.05, 4.69) is 76.5 Å². The van der Waals surface area contributed by atoms with Gasteiger partial charge in [-0.25, -0.2) is 9.50 Å². The van der Waals surface area contributed by atoms with E-state index in [1.54, 1.807) is 6.33 Å². The molecule has 1 aliphatic heterocycles. The van der Waals surface area contributed by atoms with Crippen molar-refractivity contribution in [1.82, 2.24) is 24.9 Å². The lowest BCUT2D eigenvalue weighted by Crippen LogP contribution is -2.43. The SMILES string of the molecule is CC.CC.Cc1c(-c2ccc(N3CCNCC3)cc2)sc2[nH]c(-c3cn4ncnc4c4c3CCC4)c(C(C)C)c12. The van der Waals surface area contributed by atoms with Crippen LogP contribution in [0.4, 0.5) is 5.69 Å². The van der Waals surface area contributed by atoms with E-state index in [0.717, 1.165) is 44.7 Å². The highest BCUT2D eigenvalue weighted by Gasteiger charge is 2.27. The molecule has 1 aromatic carbocycles. The molecule has 1 aliphatic carbocycles. The van der Waals surface area contributed by atoms with E-state index < -0.39 is 0 Å². The quantitative estimate of drug-likeness (QED) is 0.236. The average molecular weight is 557 g/mol. The van der Waals surface area contributed by atoms with E-state index in [1.807, 2.05) is 43.5 Å². The van der Waals surface area contributed by atoms with Crippen molar-refractivity contribution in [3.8, 4) is 21.7 Å². The highest BCUT2D eigenvalue weighted by Crippen LogP contribution is 2.47. The number of aryl methyl sites for hydroxylation is 2. The van der Waals surface area contributed by atoms with Gasteiger partial charge in [-0.15, -0.1) is 11.3 Å². The standard InChI is InChI=1S/C29H32N6S.2C2H6/c1-17(2)24-25-18(3)27(19-7-9-20(10-8-19)34-13-11-30-12-14-34)36-29(25)33-26(24)23-15-35-28(31-16-32-35)22-6-4-5-21(22)23;2*1-2/h7-10,15-17,30,33H,4-6,11-14H2,1-3H3;2*1-2H3. The Morgan fingerprint density at radius 2 is 1.65 bits per heavy atom. The van der Waals surface area contributed by atoms with E-state index in [1.165, 1.54) is 66.3 Å². The second-order valence-corrected chi connectivity index (χ2v) is 11.5. The van der Waals surface area contributed by atoms with Gasteiger partial charge >= 0.3 is 0 Å². The summed E-state index contributed by atoms with van der Waals surface area (Å²) in [4.78, 5) is 13.5. The minimum atomic E-state index is 0.411. The lowest BCUT2D eigenvalue weighted by Gasteiger charge is -2.29. The summed E-state index contributed by atoms with van der Waals surface area (Å²) < 4.78 is 1.97. The molecule has 6 nitrogen and oxygen atoms in total. The first kappa shape index (κ1) is 28.4. The maximum absolute atomic E-state index is 4.55. The lowest BCUT2D eigenvalue weighted by molar-refractivity contribution is 0.589. The Hall–Kier alpha value is -3.16. The van der Waals surface area contributed by atoms with Gasteiger partial charge in [-0.05, 0) is 66.5 Å². The van der Waals surface area contributed by atoms with Crippen LogP contribution in [0.1, 0.15) is 76.1 Å². The van der Waals surface area contributed by atoms with Gasteiger partial charge in [0, 0.05) is 59.5 Å². The number of aromatic amines is 1. The maximum atomic E-state index is 4.55. The second kappa shape index (κ2) is 12.1. The number of anilines is 1. The van der Waals surface area contributed by atoms with Crippen molar-refractivity contribution in [3.05, 3.63) is 59.0 Å². The normalized spacial score (nSPS) is 14.8. The molecule has 0 radical (unpaired) electrons. The number of hydrogen-bond donors (Lipinski definition) is 2. The van der Waals surface area contributed by atoms with Crippen LogP contribution >= 0.6 is 11.3 Å².